The summed E-state index contributed by atoms with van der Waals surface area (Å²) in [6, 6.07) is 24.7. The maximum absolute atomic E-state index is 14.2. The highest BCUT2D eigenvalue weighted by Crippen LogP contribution is 2.38. The number of rotatable bonds is 6. The van der Waals surface area contributed by atoms with E-state index in [2.05, 4.69) is 10.6 Å². The van der Waals surface area contributed by atoms with E-state index in [9.17, 15) is 18.7 Å². The van der Waals surface area contributed by atoms with Crippen LogP contribution in [-0.2, 0) is 0 Å². The molecule has 220 valence electrons. The smallest absolute Gasteiger partial charge is 0.335 e. The molecule has 2 aromatic heterocycles. The average Bonchev–Trinajstić information content (AvgIpc) is 3.44. The number of carboxylic acid groups (broad SMARTS) is 1. The first-order valence-electron chi connectivity index (χ1n) is 14.7. The van der Waals surface area contributed by atoms with Crippen LogP contribution in [0.5, 0.6) is 5.75 Å². The molecule has 1 N–H and O–H groups in total. The number of imidazole rings is 1. The number of nitrogens with zero attached hydrogens (tertiary/aromatic N) is 3. The van der Waals surface area contributed by atoms with Crippen LogP contribution in [0, 0.1) is 11.6 Å². The van der Waals surface area contributed by atoms with Gasteiger partial charge in [-0.3, -0.25) is 0 Å². The van der Waals surface area contributed by atoms with Gasteiger partial charge in [0.25, 0.3) is 0 Å². The first-order valence-corrected chi connectivity index (χ1v) is 14.7. The van der Waals surface area contributed by atoms with Crippen LogP contribution in [0.1, 0.15) is 48.5 Å². The van der Waals surface area contributed by atoms with Crippen LogP contribution in [0.2, 0.25) is 0 Å². The molecule has 8 heteroatoms. The quantitative estimate of drug-likeness (QED) is 0.210. The Morgan fingerprint density at radius 2 is 1.61 bits per heavy atom. The number of halogens is 2. The molecule has 1 fully saturated rings. The van der Waals surface area contributed by atoms with E-state index in [1.807, 2.05) is 42.5 Å². The molecular formula is C36H29F2N3O3. The molecule has 0 aliphatic heterocycles. The summed E-state index contributed by atoms with van der Waals surface area (Å²) >= 11 is 0. The molecule has 6 nitrogen and oxygen atoms in total. The van der Waals surface area contributed by atoms with Gasteiger partial charge in [-0.25, -0.2) is 23.5 Å². The first kappa shape index (κ1) is 27.7. The summed E-state index contributed by atoms with van der Waals surface area (Å²) in [5.41, 5.74) is 6.15. The SMILES string of the molecule is COc1ccc(-c2ccc(F)c(F)c2)c(-c2ccc3cc(-c4nc5cc(C(=O)O)ccc5n4C4CCCCC4)ccc3n2)c1. The van der Waals surface area contributed by atoms with Gasteiger partial charge in [0.2, 0.25) is 0 Å². The van der Waals surface area contributed by atoms with Crippen molar-refractivity contribution < 1.29 is 23.4 Å². The molecule has 0 atom stereocenters. The molecule has 1 aliphatic rings. The van der Waals surface area contributed by atoms with E-state index in [0.29, 0.717) is 34.1 Å². The Kier molecular flexibility index (Phi) is 7.04. The van der Waals surface area contributed by atoms with E-state index in [0.717, 1.165) is 65.1 Å². The van der Waals surface area contributed by atoms with Crippen molar-refractivity contribution in [2.24, 2.45) is 0 Å². The van der Waals surface area contributed by atoms with Crippen LogP contribution < -0.4 is 4.74 Å². The van der Waals surface area contributed by atoms with Gasteiger partial charge in [-0.2, -0.15) is 0 Å². The zero-order valence-electron chi connectivity index (χ0n) is 24.1. The molecule has 6 aromatic rings. The maximum Gasteiger partial charge on any atom is 0.335 e. The summed E-state index contributed by atoms with van der Waals surface area (Å²) in [4.78, 5) is 21.6. The number of carbonyl (C=O) groups is 1. The molecule has 1 saturated carbocycles. The molecule has 2 heterocycles. The summed E-state index contributed by atoms with van der Waals surface area (Å²) in [5, 5.41) is 10.5. The number of fused-ring (bicyclic) bond motifs is 2. The lowest BCUT2D eigenvalue weighted by atomic mass is 9.94. The van der Waals surface area contributed by atoms with E-state index < -0.39 is 17.6 Å². The molecule has 0 saturated heterocycles. The largest absolute Gasteiger partial charge is 0.497 e. The van der Waals surface area contributed by atoms with Crippen molar-refractivity contribution in [3.05, 3.63) is 102 Å². The third kappa shape index (κ3) is 4.96. The fourth-order valence-electron chi connectivity index (χ4n) is 6.34. The lowest BCUT2D eigenvalue weighted by molar-refractivity contribution is 0.0697. The van der Waals surface area contributed by atoms with Crippen molar-refractivity contribution in [1.82, 2.24) is 14.5 Å². The lowest BCUT2D eigenvalue weighted by Crippen LogP contribution is -2.14. The second-order valence-electron chi connectivity index (χ2n) is 11.3. The minimum absolute atomic E-state index is 0.216. The molecule has 0 bridgehead atoms. The molecule has 7 rings (SSSR count). The maximum atomic E-state index is 14.2. The number of aromatic nitrogens is 3. The zero-order valence-corrected chi connectivity index (χ0v) is 24.1. The summed E-state index contributed by atoms with van der Waals surface area (Å²) in [6.07, 6.45) is 5.63. The summed E-state index contributed by atoms with van der Waals surface area (Å²) in [5.74, 6) is -1.36. The predicted molar refractivity (Wildman–Crippen MR) is 167 cm³/mol. The Morgan fingerprint density at radius 3 is 2.39 bits per heavy atom. The van der Waals surface area contributed by atoms with Gasteiger partial charge in [0.15, 0.2) is 11.6 Å². The van der Waals surface area contributed by atoms with E-state index in [-0.39, 0.29) is 5.56 Å². The minimum atomic E-state index is -0.975. The highest BCUT2D eigenvalue weighted by Gasteiger charge is 2.23. The van der Waals surface area contributed by atoms with Gasteiger partial charge in [-0.15, -0.1) is 0 Å². The van der Waals surface area contributed by atoms with Gasteiger partial charge in [0.1, 0.15) is 11.6 Å². The number of aromatic carboxylic acids is 1. The van der Waals surface area contributed by atoms with Crippen molar-refractivity contribution in [2.45, 2.75) is 38.1 Å². The minimum Gasteiger partial charge on any atom is -0.497 e. The van der Waals surface area contributed by atoms with Crippen LogP contribution in [-0.4, -0.2) is 32.7 Å². The van der Waals surface area contributed by atoms with Gasteiger partial charge in [0.05, 0.1) is 34.9 Å². The number of benzene rings is 4. The van der Waals surface area contributed by atoms with E-state index in [4.69, 9.17) is 14.7 Å². The number of ether oxygens (including phenoxy) is 1. The topological polar surface area (TPSA) is 77.2 Å². The van der Waals surface area contributed by atoms with Crippen molar-refractivity contribution >= 4 is 27.9 Å². The molecule has 0 amide bonds. The van der Waals surface area contributed by atoms with Gasteiger partial charge < -0.3 is 14.4 Å². The highest BCUT2D eigenvalue weighted by molar-refractivity contribution is 5.94. The number of pyridine rings is 1. The number of methoxy groups -OCH3 is 1. The van der Waals surface area contributed by atoms with Gasteiger partial charge >= 0.3 is 5.97 Å². The van der Waals surface area contributed by atoms with Crippen LogP contribution >= 0.6 is 0 Å². The Bertz CT molecular complexity index is 2060. The molecular weight excluding hydrogens is 560 g/mol. The van der Waals surface area contributed by atoms with E-state index in [1.54, 1.807) is 31.4 Å². The fraction of sp³-hybridized carbons (Fsp3) is 0.194. The van der Waals surface area contributed by atoms with Crippen molar-refractivity contribution in [3.63, 3.8) is 0 Å². The summed E-state index contributed by atoms with van der Waals surface area (Å²) in [6.45, 7) is 0. The van der Waals surface area contributed by atoms with Crippen molar-refractivity contribution in [3.8, 4) is 39.5 Å². The Balaban J connectivity index is 1.33. The highest BCUT2D eigenvalue weighted by atomic mass is 19.2. The van der Waals surface area contributed by atoms with Crippen molar-refractivity contribution in [2.75, 3.05) is 7.11 Å². The Hall–Kier alpha value is -5.11. The first-order chi connectivity index (χ1) is 21.4. The summed E-state index contributed by atoms with van der Waals surface area (Å²) in [7, 11) is 1.58. The van der Waals surface area contributed by atoms with Gasteiger partial charge in [-0.1, -0.05) is 37.5 Å². The van der Waals surface area contributed by atoms with E-state index >= 15 is 0 Å². The van der Waals surface area contributed by atoms with Gasteiger partial charge in [-0.05, 0) is 90.7 Å². The molecule has 1 aliphatic carbocycles. The van der Waals surface area contributed by atoms with Crippen LogP contribution in [0.25, 0.3) is 55.7 Å². The lowest BCUT2D eigenvalue weighted by Gasteiger charge is -2.25. The number of hydrogen-bond acceptors (Lipinski definition) is 4. The third-order valence-electron chi connectivity index (χ3n) is 8.56. The average molecular weight is 590 g/mol. The molecule has 44 heavy (non-hydrogen) atoms. The predicted octanol–water partition coefficient (Wildman–Crippen LogP) is 9.08. The summed E-state index contributed by atoms with van der Waals surface area (Å²) < 4.78 is 35.6. The molecule has 0 unspecified atom stereocenters. The van der Waals surface area contributed by atoms with Crippen molar-refractivity contribution in [1.29, 1.82) is 0 Å². The third-order valence-corrected chi connectivity index (χ3v) is 8.56. The number of carboxylic acids is 1. The Labute approximate surface area is 252 Å². The Morgan fingerprint density at radius 1 is 0.795 bits per heavy atom. The normalized spacial score (nSPS) is 13.9. The van der Waals surface area contributed by atoms with Crippen LogP contribution in [0.4, 0.5) is 8.78 Å². The number of hydrogen-bond donors (Lipinski definition) is 1. The van der Waals surface area contributed by atoms with E-state index in [1.165, 1.54) is 12.5 Å². The van der Waals surface area contributed by atoms with Crippen LogP contribution in [0.3, 0.4) is 0 Å². The second-order valence-corrected chi connectivity index (χ2v) is 11.3. The zero-order chi connectivity index (χ0) is 30.4. The second kappa shape index (κ2) is 11.2. The van der Waals surface area contributed by atoms with Crippen LogP contribution in [0.15, 0.2) is 84.9 Å². The monoisotopic (exact) mass is 589 g/mol. The van der Waals surface area contributed by atoms with Gasteiger partial charge in [0, 0.05) is 22.6 Å². The standard InChI is InChI=1S/C36H29F2N3O3/c1-44-26-11-12-27(21-7-13-29(37)30(38)18-21)28(20-26)32-15-8-22-17-23(9-14-31(22)39-32)35-40-33-19-24(36(42)43)10-16-34(33)41(35)25-5-3-2-4-6-25/h7-20,25H,2-6H2,1H3,(H,42,43). The molecule has 4 aromatic carbocycles. The molecule has 0 spiro atoms. The molecule has 0 radical (unpaired) electrons. The fourth-order valence-corrected chi connectivity index (χ4v) is 6.34.